The van der Waals surface area contributed by atoms with E-state index in [0.717, 1.165) is 34.8 Å². The van der Waals surface area contributed by atoms with Gasteiger partial charge >= 0.3 is 0 Å². The molecule has 1 N–H and O–H groups in total. The van der Waals surface area contributed by atoms with Crippen LogP contribution in [0.2, 0.25) is 0 Å². The summed E-state index contributed by atoms with van der Waals surface area (Å²) in [4.78, 5) is 2.35. The highest BCUT2D eigenvalue weighted by Crippen LogP contribution is 2.33. The average Bonchev–Trinajstić information content (AvgIpc) is 2.82. The number of benzene rings is 1. The van der Waals surface area contributed by atoms with Crippen molar-refractivity contribution in [2.75, 3.05) is 20.3 Å². The van der Waals surface area contributed by atoms with Gasteiger partial charge in [0.25, 0.3) is 0 Å². The van der Waals surface area contributed by atoms with E-state index in [0.29, 0.717) is 0 Å². The SMILES string of the molecule is COCCNCc1ccc(Sc2ccoc2C)cc1Br. The van der Waals surface area contributed by atoms with Gasteiger partial charge < -0.3 is 14.5 Å². The van der Waals surface area contributed by atoms with E-state index in [9.17, 15) is 0 Å². The lowest BCUT2D eigenvalue weighted by molar-refractivity contribution is 0.199. The number of aryl methyl sites for hydroxylation is 1. The van der Waals surface area contributed by atoms with Crippen LogP contribution in [-0.2, 0) is 11.3 Å². The molecule has 0 saturated carbocycles. The second-order valence-corrected chi connectivity index (χ2v) is 6.34. The Morgan fingerprint density at radius 2 is 2.20 bits per heavy atom. The summed E-state index contributed by atoms with van der Waals surface area (Å²) in [7, 11) is 1.71. The van der Waals surface area contributed by atoms with Gasteiger partial charge in [-0.15, -0.1) is 0 Å². The predicted molar refractivity (Wildman–Crippen MR) is 85.3 cm³/mol. The number of ether oxygens (including phenoxy) is 1. The van der Waals surface area contributed by atoms with Crippen molar-refractivity contribution < 1.29 is 9.15 Å². The lowest BCUT2D eigenvalue weighted by Gasteiger charge is -2.08. The van der Waals surface area contributed by atoms with Crippen molar-refractivity contribution in [2.45, 2.75) is 23.3 Å². The summed E-state index contributed by atoms with van der Waals surface area (Å²) < 4.78 is 11.4. The monoisotopic (exact) mass is 355 g/mol. The number of methoxy groups -OCH3 is 1. The van der Waals surface area contributed by atoms with E-state index >= 15 is 0 Å². The molecule has 2 aromatic rings. The number of rotatable bonds is 7. The number of hydrogen-bond acceptors (Lipinski definition) is 4. The standard InChI is InChI=1S/C15H18BrNO2S/c1-11-15(5-7-19-11)20-13-4-3-12(14(16)9-13)10-17-6-8-18-2/h3-5,7,9,17H,6,8,10H2,1-2H3. The van der Waals surface area contributed by atoms with Gasteiger partial charge in [-0.25, -0.2) is 0 Å². The minimum atomic E-state index is 0.728. The summed E-state index contributed by atoms with van der Waals surface area (Å²) in [5, 5.41) is 3.34. The van der Waals surface area contributed by atoms with Gasteiger partial charge in [-0.2, -0.15) is 0 Å². The fourth-order valence-electron chi connectivity index (χ4n) is 1.74. The first-order valence-electron chi connectivity index (χ1n) is 6.40. The highest BCUT2D eigenvalue weighted by molar-refractivity contribution is 9.10. The molecule has 0 aliphatic heterocycles. The Kier molecular flexibility index (Phi) is 6.16. The first-order chi connectivity index (χ1) is 9.70. The van der Waals surface area contributed by atoms with Crippen molar-refractivity contribution >= 4 is 27.7 Å². The zero-order valence-electron chi connectivity index (χ0n) is 11.6. The molecule has 1 aromatic carbocycles. The molecule has 0 radical (unpaired) electrons. The van der Waals surface area contributed by atoms with E-state index in [2.05, 4.69) is 39.4 Å². The van der Waals surface area contributed by atoms with E-state index in [-0.39, 0.29) is 0 Å². The quantitative estimate of drug-likeness (QED) is 0.753. The van der Waals surface area contributed by atoms with Crippen molar-refractivity contribution in [3.8, 4) is 0 Å². The molecule has 0 aliphatic rings. The molecule has 20 heavy (non-hydrogen) atoms. The Hall–Kier alpha value is -0.750. The zero-order chi connectivity index (χ0) is 14.4. The molecular weight excluding hydrogens is 338 g/mol. The van der Waals surface area contributed by atoms with E-state index in [4.69, 9.17) is 9.15 Å². The molecule has 1 aromatic heterocycles. The largest absolute Gasteiger partial charge is 0.468 e. The highest BCUT2D eigenvalue weighted by atomic mass is 79.9. The smallest absolute Gasteiger partial charge is 0.114 e. The maximum atomic E-state index is 5.31. The summed E-state index contributed by atoms with van der Waals surface area (Å²) in [6.45, 7) is 4.39. The minimum absolute atomic E-state index is 0.728. The van der Waals surface area contributed by atoms with Gasteiger partial charge in [0.1, 0.15) is 5.76 Å². The van der Waals surface area contributed by atoms with Crippen molar-refractivity contribution in [3.05, 3.63) is 46.3 Å². The second kappa shape index (κ2) is 7.88. The maximum Gasteiger partial charge on any atom is 0.114 e. The average molecular weight is 356 g/mol. The van der Waals surface area contributed by atoms with Gasteiger partial charge in [0.05, 0.1) is 17.8 Å². The lowest BCUT2D eigenvalue weighted by Crippen LogP contribution is -2.18. The third-order valence-corrected chi connectivity index (χ3v) is 4.73. The molecule has 2 rings (SSSR count). The van der Waals surface area contributed by atoms with Crippen LogP contribution < -0.4 is 5.32 Å². The topological polar surface area (TPSA) is 34.4 Å². The van der Waals surface area contributed by atoms with Crippen LogP contribution in [0.5, 0.6) is 0 Å². The molecule has 0 amide bonds. The molecule has 0 bridgehead atoms. The third kappa shape index (κ3) is 4.38. The van der Waals surface area contributed by atoms with Crippen LogP contribution in [0, 0.1) is 6.92 Å². The molecular formula is C15H18BrNO2S. The molecule has 0 atom stereocenters. The molecule has 0 unspecified atom stereocenters. The lowest BCUT2D eigenvalue weighted by atomic mass is 10.2. The zero-order valence-corrected chi connectivity index (χ0v) is 14.0. The Morgan fingerprint density at radius 1 is 1.35 bits per heavy atom. The van der Waals surface area contributed by atoms with Crippen LogP contribution in [0.4, 0.5) is 0 Å². The van der Waals surface area contributed by atoms with Crippen LogP contribution in [0.15, 0.2) is 49.2 Å². The van der Waals surface area contributed by atoms with Gasteiger partial charge in [0, 0.05) is 29.6 Å². The predicted octanol–water partition coefficient (Wildman–Crippen LogP) is 4.24. The van der Waals surface area contributed by atoms with Crippen LogP contribution in [0.3, 0.4) is 0 Å². The highest BCUT2D eigenvalue weighted by Gasteiger charge is 2.06. The van der Waals surface area contributed by atoms with Crippen molar-refractivity contribution in [1.29, 1.82) is 0 Å². The molecule has 3 nitrogen and oxygen atoms in total. The summed E-state index contributed by atoms with van der Waals surface area (Å²) >= 11 is 5.34. The molecule has 0 aliphatic carbocycles. The summed E-state index contributed by atoms with van der Waals surface area (Å²) in [6.07, 6.45) is 1.72. The van der Waals surface area contributed by atoms with Gasteiger partial charge in [-0.3, -0.25) is 0 Å². The van der Waals surface area contributed by atoms with Crippen molar-refractivity contribution in [1.82, 2.24) is 5.32 Å². The number of hydrogen-bond donors (Lipinski definition) is 1. The van der Waals surface area contributed by atoms with Crippen LogP contribution in [-0.4, -0.2) is 20.3 Å². The number of halogens is 1. The summed E-state index contributed by atoms with van der Waals surface area (Å²) in [5.41, 5.74) is 1.24. The fraction of sp³-hybridized carbons (Fsp3) is 0.333. The Morgan fingerprint density at radius 3 is 2.85 bits per heavy atom. The maximum absolute atomic E-state index is 5.31. The Balaban J connectivity index is 1.97. The van der Waals surface area contributed by atoms with Gasteiger partial charge in [0.15, 0.2) is 0 Å². The number of furan rings is 1. The third-order valence-electron chi connectivity index (χ3n) is 2.86. The fourth-order valence-corrected chi connectivity index (χ4v) is 3.29. The van der Waals surface area contributed by atoms with Crippen molar-refractivity contribution in [2.24, 2.45) is 0 Å². The molecule has 108 valence electrons. The second-order valence-electron chi connectivity index (χ2n) is 4.37. The molecule has 0 spiro atoms. The molecule has 1 heterocycles. The van der Waals surface area contributed by atoms with E-state index < -0.39 is 0 Å². The van der Waals surface area contributed by atoms with E-state index in [1.807, 2.05) is 13.0 Å². The summed E-state index contributed by atoms with van der Waals surface area (Å²) in [5.74, 6) is 0.955. The van der Waals surface area contributed by atoms with Crippen LogP contribution in [0.1, 0.15) is 11.3 Å². The Bertz CT molecular complexity index is 557. The number of nitrogens with one attached hydrogen (secondary N) is 1. The summed E-state index contributed by atoms with van der Waals surface area (Å²) in [6, 6.07) is 8.41. The molecule has 5 heteroatoms. The van der Waals surface area contributed by atoms with Crippen LogP contribution in [0.25, 0.3) is 0 Å². The molecule has 0 saturated heterocycles. The van der Waals surface area contributed by atoms with Crippen LogP contribution >= 0.6 is 27.7 Å². The first-order valence-corrected chi connectivity index (χ1v) is 8.01. The van der Waals surface area contributed by atoms with Crippen molar-refractivity contribution in [3.63, 3.8) is 0 Å². The molecule has 0 fully saturated rings. The minimum Gasteiger partial charge on any atom is -0.468 e. The first kappa shape index (κ1) is 15.6. The normalized spacial score (nSPS) is 10.9. The Labute approximate surface area is 132 Å². The van der Waals surface area contributed by atoms with Gasteiger partial charge in [-0.1, -0.05) is 33.8 Å². The van der Waals surface area contributed by atoms with E-state index in [1.165, 1.54) is 10.5 Å². The van der Waals surface area contributed by atoms with Gasteiger partial charge in [-0.05, 0) is 30.7 Å². The van der Waals surface area contributed by atoms with E-state index in [1.54, 1.807) is 25.1 Å². The van der Waals surface area contributed by atoms with Gasteiger partial charge in [0.2, 0.25) is 0 Å².